The maximum absolute atomic E-state index is 12.6. The van der Waals surface area contributed by atoms with Crippen LogP contribution in [0, 0.1) is 5.92 Å². The van der Waals surface area contributed by atoms with Crippen molar-refractivity contribution >= 4 is 34.3 Å². The summed E-state index contributed by atoms with van der Waals surface area (Å²) < 4.78 is 11.9. The summed E-state index contributed by atoms with van der Waals surface area (Å²) in [6.45, 7) is 6.93. The minimum absolute atomic E-state index is 0.171. The molecule has 1 unspecified atom stereocenters. The van der Waals surface area contributed by atoms with Gasteiger partial charge in [-0.05, 0) is 25.3 Å². The van der Waals surface area contributed by atoms with Crippen molar-refractivity contribution < 1.29 is 24.2 Å². The Morgan fingerprint density at radius 3 is 2.60 bits per heavy atom. The normalized spacial score (nSPS) is 12.2. The second kappa shape index (κ2) is 10.9. The molecule has 1 amide bonds. The molecule has 0 bridgehead atoms. The average Bonchev–Trinajstić information content (AvgIpc) is 2.97. The first kappa shape index (κ1) is 23.6. The predicted octanol–water partition coefficient (Wildman–Crippen LogP) is 2.64. The number of methoxy groups -OCH3 is 2. The smallest absolute Gasteiger partial charge is 0.356 e. The molecular formula is C21H32N4O5. The third-order valence-electron chi connectivity index (χ3n) is 4.55. The maximum atomic E-state index is 12.6. The van der Waals surface area contributed by atoms with Crippen molar-refractivity contribution in [2.24, 2.45) is 5.92 Å². The zero-order valence-electron chi connectivity index (χ0n) is 18.3. The fourth-order valence-electron chi connectivity index (χ4n) is 3.14. The minimum Gasteiger partial charge on any atom is -0.464 e. The Balaban J connectivity index is 2.56. The zero-order valence-corrected chi connectivity index (χ0v) is 18.3. The fraction of sp³-hybridized carbons (Fsp3) is 0.571. The largest absolute Gasteiger partial charge is 0.464 e. The molecule has 2 rings (SSSR count). The molecule has 1 atom stereocenters. The van der Waals surface area contributed by atoms with Gasteiger partial charge in [-0.1, -0.05) is 13.8 Å². The molecule has 0 saturated carbocycles. The number of hydrogen-bond acceptors (Lipinski definition) is 7. The summed E-state index contributed by atoms with van der Waals surface area (Å²) in [5.74, 6) is -0.579. The van der Waals surface area contributed by atoms with E-state index in [2.05, 4.69) is 15.6 Å². The highest BCUT2D eigenvalue weighted by atomic mass is 16.5. The molecule has 0 fully saturated rings. The molecule has 9 heteroatoms. The molecule has 0 saturated heterocycles. The van der Waals surface area contributed by atoms with Gasteiger partial charge >= 0.3 is 5.97 Å². The van der Waals surface area contributed by atoms with E-state index in [4.69, 9.17) is 9.47 Å². The Morgan fingerprint density at radius 2 is 2.00 bits per heavy atom. The first-order valence-corrected chi connectivity index (χ1v) is 10.1. The van der Waals surface area contributed by atoms with Gasteiger partial charge in [-0.3, -0.25) is 4.79 Å². The Hall–Kier alpha value is -2.65. The number of fused-ring (bicyclic) bond motifs is 1. The number of hydrogen-bond donors (Lipinski definition) is 3. The number of nitrogens with zero attached hydrogens (tertiary/aromatic N) is 2. The maximum Gasteiger partial charge on any atom is 0.356 e. The van der Waals surface area contributed by atoms with Crippen LogP contribution in [-0.4, -0.2) is 60.0 Å². The number of aliphatic hydroxyl groups is 1. The number of aromatic nitrogens is 2. The second-order valence-electron chi connectivity index (χ2n) is 7.67. The van der Waals surface area contributed by atoms with E-state index in [9.17, 15) is 14.7 Å². The lowest BCUT2D eigenvalue weighted by atomic mass is 10.1. The summed E-state index contributed by atoms with van der Waals surface area (Å²) in [7, 11) is 2.88. The van der Waals surface area contributed by atoms with Crippen LogP contribution in [0.25, 0.3) is 11.0 Å². The third-order valence-corrected chi connectivity index (χ3v) is 4.55. The van der Waals surface area contributed by atoms with Crippen LogP contribution in [0.1, 0.15) is 44.1 Å². The Kier molecular flexibility index (Phi) is 8.61. The quantitative estimate of drug-likeness (QED) is 0.479. The molecule has 2 aromatic heterocycles. The molecular weight excluding hydrogens is 388 g/mol. The van der Waals surface area contributed by atoms with E-state index >= 15 is 0 Å². The molecule has 0 spiro atoms. The van der Waals surface area contributed by atoms with Gasteiger partial charge < -0.3 is 29.8 Å². The summed E-state index contributed by atoms with van der Waals surface area (Å²) in [5, 5.41) is 16.2. The lowest BCUT2D eigenvalue weighted by molar-refractivity contribution is -0.116. The van der Waals surface area contributed by atoms with Crippen molar-refractivity contribution in [1.82, 2.24) is 9.55 Å². The number of esters is 1. The van der Waals surface area contributed by atoms with Gasteiger partial charge in [0.25, 0.3) is 0 Å². The van der Waals surface area contributed by atoms with Crippen molar-refractivity contribution in [2.75, 3.05) is 38.0 Å². The highest BCUT2D eigenvalue weighted by molar-refractivity contribution is 6.11. The van der Waals surface area contributed by atoms with Crippen LogP contribution in [0.3, 0.4) is 0 Å². The molecule has 3 N–H and O–H groups in total. The Labute approximate surface area is 176 Å². The van der Waals surface area contributed by atoms with Crippen LogP contribution in [-0.2, 0) is 20.8 Å². The first-order chi connectivity index (χ1) is 14.3. The number of aliphatic hydroxyl groups excluding tert-OH is 1. The Bertz CT molecular complexity index is 876. The number of pyridine rings is 1. The molecule has 2 heterocycles. The minimum atomic E-state index is -0.562. The summed E-state index contributed by atoms with van der Waals surface area (Å²) in [6, 6.07) is 1.84. The third kappa shape index (κ3) is 5.93. The van der Waals surface area contributed by atoms with E-state index in [0.29, 0.717) is 49.3 Å². The van der Waals surface area contributed by atoms with E-state index in [1.165, 1.54) is 7.11 Å². The van der Waals surface area contributed by atoms with Crippen LogP contribution in [0.2, 0.25) is 0 Å². The summed E-state index contributed by atoms with van der Waals surface area (Å²) in [4.78, 5) is 29.7. The van der Waals surface area contributed by atoms with Gasteiger partial charge in [-0.2, -0.15) is 0 Å². The second-order valence-corrected chi connectivity index (χ2v) is 7.67. The number of carbonyl (C=O) groups is 2. The summed E-state index contributed by atoms with van der Waals surface area (Å²) in [6.07, 6.45) is 2.15. The van der Waals surface area contributed by atoms with Crippen molar-refractivity contribution in [3.05, 3.63) is 18.0 Å². The van der Waals surface area contributed by atoms with Crippen molar-refractivity contribution in [1.29, 1.82) is 0 Å². The molecule has 2 aromatic rings. The van der Waals surface area contributed by atoms with Gasteiger partial charge in [0, 0.05) is 32.0 Å². The number of carbonyl (C=O) groups excluding carboxylic acids is 2. The number of nitrogens with one attached hydrogen (secondary N) is 2. The molecule has 0 aliphatic carbocycles. The topological polar surface area (TPSA) is 115 Å². The predicted molar refractivity (Wildman–Crippen MR) is 116 cm³/mol. The highest BCUT2D eigenvalue weighted by Crippen LogP contribution is 2.33. The molecule has 30 heavy (non-hydrogen) atoms. The number of ether oxygens (including phenoxy) is 2. The SMILES string of the molecule is COCCn1c(C(=O)OC)c(NC(=O)CC(C)C)c2cc(NCCC(C)O)cnc21. The molecule has 0 aliphatic rings. The highest BCUT2D eigenvalue weighted by Gasteiger charge is 2.26. The zero-order chi connectivity index (χ0) is 22.3. The van der Waals surface area contributed by atoms with E-state index in [0.717, 1.165) is 5.69 Å². The van der Waals surface area contributed by atoms with E-state index in [1.807, 2.05) is 19.9 Å². The number of anilines is 2. The van der Waals surface area contributed by atoms with Gasteiger partial charge in [0.15, 0.2) is 5.69 Å². The van der Waals surface area contributed by atoms with Crippen molar-refractivity contribution in [2.45, 2.75) is 46.3 Å². The number of amides is 1. The molecule has 0 radical (unpaired) electrons. The van der Waals surface area contributed by atoms with Gasteiger partial charge in [-0.25, -0.2) is 9.78 Å². The first-order valence-electron chi connectivity index (χ1n) is 10.1. The van der Waals surface area contributed by atoms with Crippen LogP contribution >= 0.6 is 0 Å². The van der Waals surface area contributed by atoms with Gasteiger partial charge in [-0.15, -0.1) is 0 Å². The molecule has 166 valence electrons. The van der Waals surface area contributed by atoms with E-state index in [1.54, 1.807) is 24.8 Å². The van der Waals surface area contributed by atoms with Crippen molar-refractivity contribution in [3.8, 4) is 0 Å². The summed E-state index contributed by atoms with van der Waals surface area (Å²) >= 11 is 0. The van der Waals surface area contributed by atoms with Crippen LogP contribution in [0.5, 0.6) is 0 Å². The number of rotatable bonds is 11. The van der Waals surface area contributed by atoms with Crippen molar-refractivity contribution in [3.63, 3.8) is 0 Å². The Morgan fingerprint density at radius 1 is 1.27 bits per heavy atom. The van der Waals surface area contributed by atoms with Gasteiger partial charge in [0.2, 0.25) is 5.91 Å². The van der Waals surface area contributed by atoms with Gasteiger partial charge in [0.1, 0.15) is 5.65 Å². The van der Waals surface area contributed by atoms with E-state index in [-0.39, 0.29) is 17.5 Å². The van der Waals surface area contributed by atoms with Crippen LogP contribution < -0.4 is 10.6 Å². The average molecular weight is 421 g/mol. The fourth-order valence-corrected chi connectivity index (χ4v) is 3.14. The van der Waals surface area contributed by atoms with Crippen LogP contribution in [0.15, 0.2) is 12.3 Å². The standard InChI is InChI=1S/C21H32N4O5/c1-13(2)10-17(27)24-18-16-11-15(22-7-6-14(3)26)12-23-20(16)25(8-9-29-4)19(18)21(28)30-5/h11-14,22,26H,6-10H2,1-5H3,(H,24,27). The lowest BCUT2D eigenvalue weighted by Crippen LogP contribution is -2.19. The van der Waals surface area contributed by atoms with Crippen LogP contribution in [0.4, 0.5) is 11.4 Å². The lowest BCUT2D eigenvalue weighted by Gasteiger charge is -2.11. The monoisotopic (exact) mass is 420 g/mol. The van der Waals surface area contributed by atoms with E-state index < -0.39 is 12.1 Å². The molecule has 9 nitrogen and oxygen atoms in total. The molecule has 0 aliphatic heterocycles. The summed E-state index contributed by atoms with van der Waals surface area (Å²) in [5.41, 5.74) is 1.89. The molecule has 0 aromatic carbocycles. The van der Waals surface area contributed by atoms with Gasteiger partial charge in [0.05, 0.1) is 37.4 Å².